The Morgan fingerprint density at radius 1 is 1.04 bits per heavy atom. The summed E-state index contributed by atoms with van der Waals surface area (Å²) in [6, 6.07) is 18.8. The van der Waals surface area contributed by atoms with E-state index in [1.54, 1.807) is 6.07 Å². The molecule has 14 heteroatoms. The summed E-state index contributed by atoms with van der Waals surface area (Å²) < 4.78 is 23.4. The minimum absolute atomic E-state index is 0.0131. The maximum atomic E-state index is 14.1. The standard InChI is InChI=1S/C37H37N5O9/c1-19(2)28-33-42-29(32(45)38-26(17-43)34(46)48-3)30(51-33)37-22-11-7-8-12-24(22)39-35(37)50-27-14-13-21(15-23(27)37)16-25(31(44)41-28)40-36(47)49-18-20-9-5-4-6-10-20/h4-15,19,25-26,28,35,39,43H,16-18H2,1-3H3,(H,38,45)(H,40,47)(H,41,44)/t25-,26-,28-,35?,37?/m0/s1. The normalized spacial score (nSPS) is 21.7. The van der Waals surface area contributed by atoms with Crippen LogP contribution in [-0.4, -0.2) is 66.0 Å². The van der Waals surface area contributed by atoms with E-state index >= 15 is 0 Å². The van der Waals surface area contributed by atoms with Gasteiger partial charge in [-0.05, 0) is 34.7 Å². The molecule has 0 radical (unpaired) electrons. The summed E-state index contributed by atoms with van der Waals surface area (Å²) in [4.78, 5) is 58.3. The quantitative estimate of drug-likeness (QED) is 0.170. The van der Waals surface area contributed by atoms with Gasteiger partial charge in [0.25, 0.3) is 5.91 Å². The van der Waals surface area contributed by atoms with Gasteiger partial charge >= 0.3 is 12.1 Å². The van der Waals surface area contributed by atoms with Crippen LogP contribution in [0.1, 0.15) is 64.3 Å². The van der Waals surface area contributed by atoms with E-state index in [1.807, 2.05) is 80.6 Å². The molecule has 2 unspecified atom stereocenters. The molecule has 5 atom stereocenters. The average molecular weight is 696 g/mol. The van der Waals surface area contributed by atoms with Gasteiger partial charge in [0.05, 0.1) is 13.7 Å². The number of methoxy groups -OCH3 is 1. The van der Waals surface area contributed by atoms with Gasteiger partial charge in [-0.1, -0.05) is 74.5 Å². The number of aromatic nitrogens is 1. The van der Waals surface area contributed by atoms with E-state index in [0.29, 0.717) is 16.9 Å². The number of fused-ring (bicyclic) bond motifs is 4. The Bertz CT molecular complexity index is 2000. The molecule has 7 rings (SSSR count). The summed E-state index contributed by atoms with van der Waals surface area (Å²) in [5.74, 6) is -1.85. The highest BCUT2D eigenvalue weighted by molar-refractivity contribution is 5.97. The second-order valence-corrected chi connectivity index (χ2v) is 13.0. The lowest BCUT2D eigenvalue weighted by molar-refractivity contribution is -0.143. The number of anilines is 1. The highest BCUT2D eigenvalue weighted by Crippen LogP contribution is 2.58. The van der Waals surface area contributed by atoms with Gasteiger partial charge < -0.3 is 45.0 Å². The van der Waals surface area contributed by atoms with Crippen molar-refractivity contribution in [2.24, 2.45) is 5.92 Å². The maximum Gasteiger partial charge on any atom is 0.408 e. The van der Waals surface area contributed by atoms with Crippen LogP contribution in [0, 0.1) is 5.92 Å². The van der Waals surface area contributed by atoms with E-state index in [1.165, 1.54) is 0 Å². The summed E-state index contributed by atoms with van der Waals surface area (Å²) in [6.45, 7) is 2.99. The SMILES string of the molecule is COC(=O)[C@H](CO)NC(=O)c1nc2oc1C13c4ccccc4NC1Oc1ccc(cc13)C[C@H](NC(=O)OCc1ccccc1)C(=O)N[C@H]2C(C)C. The van der Waals surface area contributed by atoms with Crippen LogP contribution < -0.4 is 26.0 Å². The molecule has 1 aromatic heterocycles. The number of nitrogens with one attached hydrogen (secondary N) is 4. The number of esters is 1. The first kappa shape index (κ1) is 33.6. The fourth-order valence-electron chi connectivity index (χ4n) is 6.91. The molecule has 4 aromatic rings. The Morgan fingerprint density at radius 2 is 1.80 bits per heavy atom. The molecule has 3 aliphatic rings. The Labute approximate surface area is 292 Å². The molecule has 3 amide bonds. The number of alkyl carbamates (subject to hydrolysis) is 1. The van der Waals surface area contributed by atoms with Gasteiger partial charge in [-0.2, -0.15) is 0 Å². The van der Waals surface area contributed by atoms with Crippen molar-refractivity contribution in [3.8, 4) is 5.75 Å². The molecule has 264 valence electrons. The first-order valence-electron chi connectivity index (χ1n) is 16.6. The van der Waals surface area contributed by atoms with E-state index < -0.39 is 60.3 Å². The number of carbonyl (C=O) groups is 4. The molecule has 0 fully saturated rings. The van der Waals surface area contributed by atoms with E-state index in [0.717, 1.165) is 23.9 Å². The van der Waals surface area contributed by atoms with Crippen molar-refractivity contribution in [3.63, 3.8) is 0 Å². The third kappa shape index (κ3) is 5.90. The summed E-state index contributed by atoms with van der Waals surface area (Å²) >= 11 is 0. The van der Waals surface area contributed by atoms with Gasteiger partial charge in [0.2, 0.25) is 11.8 Å². The number of benzene rings is 3. The summed E-state index contributed by atoms with van der Waals surface area (Å²) in [5, 5.41) is 21.6. The van der Waals surface area contributed by atoms with Crippen LogP contribution >= 0.6 is 0 Å². The van der Waals surface area contributed by atoms with Crippen molar-refractivity contribution >= 4 is 29.6 Å². The van der Waals surface area contributed by atoms with Crippen LogP contribution in [0.4, 0.5) is 10.5 Å². The molecule has 4 bridgehead atoms. The van der Waals surface area contributed by atoms with Gasteiger partial charge in [0.15, 0.2) is 23.7 Å². The number of para-hydroxylation sites is 1. The van der Waals surface area contributed by atoms with Crippen molar-refractivity contribution in [2.45, 2.75) is 56.6 Å². The van der Waals surface area contributed by atoms with Crippen LogP contribution in [-0.2, 0) is 37.5 Å². The van der Waals surface area contributed by atoms with Crippen LogP contribution in [0.15, 0.2) is 77.2 Å². The molecule has 3 aromatic carbocycles. The molecule has 1 spiro atoms. The second kappa shape index (κ2) is 13.4. The minimum Gasteiger partial charge on any atom is -0.469 e. The molecule has 5 N–H and O–H groups in total. The molecule has 0 saturated heterocycles. The first-order chi connectivity index (χ1) is 24.6. The number of nitrogens with zero attached hydrogens (tertiary/aromatic N) is 1. The molecule has 51 heavy (non-hydrogen) atoms. The number of amides is 3. The van der Waals surface area contributed by atoms with Gasteiger partial charge in [0, 0.05) is 17.7 Å². The van der Waals surface area contributed by atoms with E-state index in [4.69, 9.17) is 18.6 Å². The topological polar surface area (TPSA) is 190 Å². The predicted molar refractivity (Wildman–Crippen MR) is 181 cm³/mol. The summed E-state index contributed by atoms with van der Waals surface area (Å²) in [5.41, 5.74) is 2.17. The molecule has 14 nitrogen and oxygen atoms in total. The molecule has 3 aliphatic heterocycles. The lowest BCUT2D eigenvalue weighted by Gasteiger charge is -2.29. The number of aliphatic hydroxyl groups is 1. The monoisotopic (exact) mass is 695 g/mol. The number of ether oxygens (including phenoxy) is 3. The number of oxazole rings is 1. The van der Waals surface area contributed by atoms with E-state index in [2.05, 4.69) is 26.3 Å². The zero-order chi connectivity index (χ0) is 35.9. The van der Waals surface area contributed by atoms with Crippen molar-refractivity contribution in [1.82, 2.24) is 20.9 Å². The van der Waals surface area contributed by atoms with E-state index in [9.17, 15) is 24.3 Å². The number of hydrogen-bond donors (Lipinski definition) is 5. The number of aliphatic hydroxyl groups excluding tert-OH is 1. The van der Waals surface area contributed by atoms with Crippen molar-refractivity contribution in [1.29, 1.82) is 0 Å². The van der Waals surface area contributed by atoms with Gasteiger partial charge in [0.1, 0.15) is 29.9 Å². The fourth-order valence-corrected chi connectivity index (χ4v) is 6.91. The number of carbonyl (C=O) groups excluding carboxylic acids is 4. The van der Waals surface area contributed by atoms with Crippen molar-refractivity contribution in [2.75, 3.05) is 19.0 Å². The average Bonchev–Trinajstić information content (AvgIpc) is 3.80. The van der Waals surface area contributed by atoms with Crippen molar-refractivity contribution < 1.29 is 42.9 Å². The van der Waals surface area contributed by atoms with Crippen LogP contribution in [0.3, 0.4) is 0 Å². The molecule has 4 heterocycles. The highest BCUT2D eigenvalue weighted by Gasteiger charge is 2.61. The Balaban J connectivity index is 1.36. The molecular formula is C37H37N5O9. The maximum absolute atomic E-state index is 14.1. The lowest BCUT2D eigenvalue weighted by atomic mass is 9.72. The van der Waals surface area contributed by atoms with Gasteiger partial charge in [-0.25, -0.2) is 14.6 Å². The lowest BCUT2D eigenvalue weighted by Crippen LogP contribution is -2.49. The Morgan fingerprint density at radius 3 is 2.55 bits per heavy atom. The highest BCUT2D eigenvalue weighted by atomic mass is 16.5. The summed E-state index contributed by atoms with van der Waals surface area (Å²) in [7, 11) is 1.15. The van der Waals surface area contributed by atoms with Gasteiger partial charge in [-0.3, -0.25) is 9.59 Å². The third-order valence-electron chi connectivity index (χ3n) is 9.43. The smallest absolute Gasteiger partial charge is 0.408 e. The number of rotatable bonds is 8. The molecule has 0 saturated carbocycles. The van der Waals surface area contributed by atoms with Crippen molar-refractivity contribution in [3.05, 3.63) is 112 Å². The van der Waals surface area contributed by atoms with E-state index in [-0.39, 0.29) is 36.3 Å². The largest absolute Gasteiger partial charge is 0.469 e. The minimum atomic E-state index is -1.38. The number of hydrogen-bond acceptors (Lipinski definition) is 11. The second-order valence-electron chi connectivity index (χ2n) is 13.0. The Hall–Kier alpha value is -5.89. The molecular weight excluding hydrogens is 658 g/mol. The zero-order valence-electron chi connectivity index (χ0n) is 28.1. The van der Waals surface area contributed by atoms with Crippen LogP contribution in [0.25, 0.3) is 0 Å². The zero-order valence-corrected chi connectivity index (χ0v) is 28.1. The predicted octanol–water partition coefficient (Wildman–Crippen LogP) is 3.08. The Kier molecular flexibility index (Phi) is 8.85. The van der Waals surface area contributed by atoms with Gasteiger partial charge in [-0.15, -0.1) is 0 Å². The van der Waals surface area contributed by atoms with Crippen LogP contribution in [0.2, 0.25) is 0 Å². The molecule has 0 aliphatic carbocycles. The van der Waals surface area contributed by atoms with Crippen LogP contribution in [0.5, 0.6) is 5.75 Å². The summed E-state index contributed by atoms with van der Waals surface area (Å²) in [6.07, 6.45) is -1.46. The third-order valence-corrected chi connectivity index (χ3v) is 9.43. The first-order valence-corrected chi connectivity index (χ1v) is 16.6. The fraction of sp³-hybridized carbons (Fsp3) is 0.324.